The van der Waals surface area contributed by atoms with Gasteiger partial charge in [-0.15, -0.1) is 11.3 Å². The highest BCUT2D eigenvalue weighted by molar-refractivity contribution is 7.93. The van der Waals surface area contributed by atoms with E-state index in [2.05, 4.69) is 4.98 Å². The molecule has 2 aromatic rings. The maximum Gasteiger partial charge on any atom is 0.274 e. The van der Waals surface area contributed by atoms with E-state index in [4.69, 9.17) is 5.73 Å². The number of benzene rings is 1. The first-order chi connectivity index (χ1) is 9.31. The van der Waals surface area contributed by atoms with Gasteiger partial charge in [0.05, 0.1) is 16.7 Å². The van der Waals surface area contributed by atoms with Gasteiger partial charge in [-0.2, -0.15) is 0 Å². The Bertz CT molecular complexity index is 737. The van der Waals surface area contributed by atoms with Crippen LogP contribution in [0.15, 0.2) is 28.6 Å². The van der Waals surface area contributed by atoms with E-state index < -0.39 is 37.0 Å². The summed E-state index contributed by atoms with van der Waals surface area (Å²) in [6.07, 6.45) is 1.36. The van der Waals surface area contributed by atoms with Crippen molar-refractivity contribution in [3.8, 4) is 0 Å². The van der Waals surface area contributed by atoms with Crippen LogP contribution in [0, 0.1) is 15.9 Å². The number of nitrogens with zero attached hydrogens (tertiary/aromatic N) is 2. The van der Waals surface area contributed by atoms with E-state index in [1.54, 1.807) is 0 Å². The van der Waals surface area contributed by atoms with Crippen molar-refractivity contribution < 1.29 is 17.7 Å². The molecule has 1 heterocycles. The predicted molar refractivity (Wildman–Crippen MR) is 70.4 cm³/mol. The predicted octanol–water partition coefficient (Wildman–Crippen LogP) is 1.57. The number of nitrogen functional groups attached to an aromatic ring is 1. The number of nitro benzene ring substituents is 1. The third-order valence-corrected chi connectivity index (χ3v) is 4.44. The van der Waals surface area contributed by atoms with Crippen LogP contribution in [0.4, 0.5) is 20.9 Å². The van der Waals surface area contributed by atoms with Gasteiger partial charge >= 0.3 is 0 Å². The zero-order valence-electron chi connectivity index (χ0n) is 9.61. The molecule has 11 heteroatoms. The maximum atomic E-state index is 13.8. The minimum Gasteiger partial charge on any atom is -0.397 e. The van der Waals surface area contributed by atoms with Gasteiger partial charge in [0.15, 0.2) is 10.9 Å². The SMILES string of the molecule is Nc1cc([N+](=O)[O-])cc(F)c1S(=O)(=O)Nc1nccs1. The largest absolute Gasteiger partial charge is 0.397 e. The molecule has 0 saturated heterocycles. The molecule has 1 aromatic heterocycles. The van der Waals surface area contributed by atoms with Crippen LogP contribution in [0.25, 0.3) is 0 Å². The normalized spacial score (nSPS) is 11.2. The van der Waals surface area contributed by atoms with Crippen molar-refractivity contribution in [1.82, 2.24) is 4.98 Å². The van der Waals surface area contributed by atoms with Crippen LogP contribution >= 0.6 is 11.3 Å². The fourth-order valence-corrected chi connectivity index (χ4v) is 3.39. The quantitative estimate of drug-likeness (QED) is 0.500. The van der Waals surface area contributed by atoms with Crippen LogP contribution < -0.4 is 10.5 Å². The van der Waals surface area contributed by atoms with Gasteiger partial charge in [-0.05, 0) is 0 Å². The van der Waals surface area contributed by atoms with E-state index in [1.165, 1.54) is 11.6 Å². The molecule has 0 atom stereocenters. The monoisotopic (exact) mass is 318 g/mol. The van der Waals surface area contributed by atoms with Gasteiger partial charge in [0.25, 0.3) is 15.7 Å². The lowest BCUT2D eigenvalue weighted by Crippen LogP contribution is -2.16. The highest BCUT2D eigenvalue weighted by Gasteiger charge is 2.26. The molecule has 0 spiro atoms. The lowest BCUT2D eigenvalue weighted by molar-refractivity contribution is -0.385. The second kappa shape index (κ2) is 5.02. The Morgan fingerprint density at radius 3 is 2.65 bits per heavy atom. The summed E-state index contributed by atoms with van der Waals surface area (Å²) in [6.45, 7) is 0. The van der Waals surface area contributed by atoms with Gasteiger partial charge in [0.1, 0.15) is 4.90 Å². The van der Waals surface area contributed by atoms with Crippen LogP contribution in [0.2, 0.25) is 0 Å². The number of anilines is 2. The van der Waals surface area contributed by atoms with E-state index >= 15 is 0 Å². The molecule has 0 amide bonds. The van der Waals surface area contributed by atoms with Gasteiger partial charge < -0.3 is 5.73 Å². The molecule has 8 nitrogen and oxygen atoms in total. The molecule has 0 radical (unpaired) electrons. The van der Waals surface area contributed by atoms with Crippen LogP contribution in [0.5, 0.6) is 0 Å². The van der Waals surface area contributed by atoms with Gasteiger partial charge in [-0.1, -0.05) is 0 Å². The number of hydrogen-bond donors (Lipinski definition) is 2. The fraction of sp³-hybridized carbons (Fsp3) is 0. The van der Waals surface area contributed by atoms with Crippen molar-refractivity contribution in [3.05, 3.63) is 39.6 Å². The minimum absolute atomic E-state index is 0.0298. The molecule has 1 aromatic carbocycles. The lowest BCUT2D eigenvalue weighted by Gasteiger charge is -2.08. The van der Waals surface area contributed by atoms with Crippen molar-refractivity contribution in [1.29, 1.82) is 0 Å². The Labute approximate surface area is 116 Å². The molecular formula is C9H7FN4O4S2. The number of nitro groups is 1. The van der Waals surface area contributed by atoms with E-state index in [-0.39, 0.29) is 5.13 Å². The Kier molecular flexibility index (Phi) is 3.55. The number of sulfonamides is 1. The number of halogens is 1. The molecule has 0 fully saturated rings. The fourth-order valence-electron chi connectivity index (χ4n) is 1.43. The smallest absolute Gasteiger partial charge is 0.274 e. The molecule has 3 N–H and O–H groups in total. The zero-order chi connectivity index (χ0) is 14.9. The molecule has 0 aliphatic carbocycles. The second-order valence-corrected chi connectivity index (χ2v) is 6.06. The molecule has 0 bridgehead atoms. The Morgan fingerprint density at radius 1 is 1.45 bits per heavy atom. The summed E-state index contributed by atoms with van der Waals surface area (Å²) in [4.78, 5) is 12.5. The topological polar surface area (TPSA) is 128 Å². The summed E-state index contributed by atoms with van der Waals surface area (Å²) in [5.41, 5.74) is 4.21. The van der Waals surface area contributed by atoms with Gasteiger partial charge in [0.2, 0.25) is 0 Å². The molecular weight excluding hydrogens is 311 g/mol. The molecule has 20 heavy (non-hydrogen) atoms. The first kappa shape index (κ1) is 14.1. The average molecular weight is 318 g/mol. The summed E-state index contributed by atoms with van der Waals surface area (Å²) in [6, 6.07) is 1.27. The van der Waals surface area contributed by atoms with Gasteiger partial charge in [0, 0.05) is 17.6 Å². The van der Waals surface area contributed by atoms with Crippen LogP contribution in [0.1, 0.15) is 0 Å². The van der Waals surface area contributed by atoms with Crippen LogP contribution in [0.3, 0.4) is 0 Å². The van der Waals surface area contributed by atoms with Crippen molar-refractivity contribution in [2.24, 2.45) is 0 Å². The highest BCUT2D eigenvalue weighted by atomic mass is 32.2. The number of non-ortho nitro benzene ring substituents is 1. The van der Waals surface area contributed by atoms with Gasteiger partial charge in [-0.3, -0.25) is 14.8 Å². The summed E-state index contributed by atoms with van der Waals surface area (Å²) >= 11 is 0.991. The van der Waals surface area contributed by atoms with Crippen molar-refractivity contribution in [2.45, 2.75) is 4.90 Å². The number of thiazole rings is 1. The van der Waals surface area contributed by atoms with E-state index in [9.17, 15) is 22.9 Å². The minimum atomic E-state index is -4.31. The second-order valence-electron chi connectivity index (χ2n) is 3.55. The number of hydrogen-bond acceptors (Lipinski definition) is 7. The number of nitrogens with two attached hydrogens (primary N) is 1. The van der Waals surface area contributed by atoms with Crippen LogP contribution in [-0.4, -0.2) is 18.3 Å². The number of rotatable bonds is 4. The molecule has 0 unspecified atom stereocenters. The lowest BCUT2D eigenvalue weighted by atomic mass is 10.3. The highest BCUT2D eigenvalue weighted by Crippen LogP contribution is 2.29. The summed E-state index contributed by atoms with van der Waals surface area (Å²) < 4.78 is 39.8. The van der Waals surface area contributed by atoms with Crippen molar-refractivity contribution >= 4 is 37.9 Å². The Hall–Kier alpha value is -2.27. The Morgan fingerprint density at radius 2 is 2.15 bits per heavy atom. The Balaban J connectivity index is 2.49. The first-order valence-electron chi connectivity index (χ1n) is 4.97. The number of aromatic nitrogens is 1. The molecule has 0 aliphatic rings. The summed E-state index contributed by atoms with van der Waals surface area (Å²) in [5, 5.41) is 12.1. The summed E-state index contributed by atoms with van der Waals surface area (Å²) in [7, 11) is -4.31. The van der Waals surface area contributed by atoms with Gasteiger partial charge in [-0.25, -0.2) is 17.8 Å². The first-order valence-corrected chi connectivity index (χ1v) is 7.33. The standard InChI is InChI=1S/C9H7FN4O4S2/c10-6-3-5(14(15)16)4-7(11)8(6)20(17,18)13-9-12-1-2-19-9/h1-4H,11H2,(H,12,13). The molecule has 106 valence electrons. The van der Waals surface area contributed by atoms with E-state index in [1.807, 2.05) is 4.72 Å². The zero-order valence-corrected chi connectivity index (χ0v) is 11.2. The number of nitrogens with one attached hydrogen (secondary N) is 1. The van der Waals surface area contributed by atoms with E-state index in [0.717, 1.165) is 17.4 Å². The maximum absolute atomic E-state index is 13.8. The molecule has 2 rings (SSSR count). The summed E-state index contributed by atoms with van der Waals surface area (Å²) in [5.74, 6) is -1.30. The van der Waals surface area contributed by atoms with Crippen LogP contribution in [-0.2, 0) is 10.0 Å². The van der Waals surface area contributed by atoms with Crippen molar-refractivity contribution in [3.63, 3.8) is 0 Å². The molecule has 0 aliphatic heterocycles. The average Bonchev–Trinajstić information content (AvgIpc) is 2.79. The van der Waals surface area contributed by atoms with Crippen molar-refractivity contribution in [2.75, 3.05) is 10.5 Å². The molecule has 0 saturated carbocycles. The third-order valence-electron chi connectivity index (χ3n) is 2.19. The van der Waals surface area contributed by atoms with E-state index in [0.29, 0.717) is 6.07 Å². The third kappa shape index (κ3) is 2.67.